The number of rotatable bonds is 5. The molecule has 0 atom stereocenters. The van der Waals surface area contributed by atoms with E-state index in [1.54, 1.807) is 38.1 Å². The molecule has 2 N–H and O–H groups in total. The monoisotopic (exact) mass is 440 g/mol. The number of aryl methyl sites for hydroxylation is 2. The van der Waals surface area contributed by atoms with Gasteiger partial charge in [-0.1, -0.05) is 12.1 Å². The van der Waals surface area contributed by atoms with Gasteiger partial charge < -0.3 is 5.32 Å². The Labute approximate surface area is 176 Å². The first-order valence-electron chi connectivity index (χ1n) is 9.13. The third-order valence-corrected chi connectivity index (χ3v) is 7.18. The number of piperidine rings is 1. The lowest BCUT2D eigenvalue weighted by molar-refractivity contribution is -0.120. The van der Waals surface area contributed by atoms with Crippen molar-refractivity contribution in [2.24, 2.45) is 5.92 Å². The molecule has 0 saturated carbocycles. The fourth-order valence-corrected chi connectivity index (χ4v) is 5.27. The first-order valence-corrected chi connectivity index (χ1v) is 10.6. The number of amides is 1. The maximum atomic E-state index is 12.9. The minimum atomic E-state index is -3.63. The van der Waals surface area contributed by atoms with Crippen LogP contribution in [0, 0.1) is 19.8 Å². The van der Waals surface area contributed by atoms with E-state index < -0.39 is 10.0 Å². The molecule has 1 aliphatic rings. The highest BCUT2D eigenvalue weighted by molar-refractivity contribution is 7.89. The smallest absolute Gasteiger partial charge is 0.246 e. The molecule has 8 nitrogen and oxygen atoms in total. The summed E-state index contributed by atoms with van der Waals surface area (Å²) in [5, 5.41) is 9.50. The van der Waals surface area contributed by atoms with Crippen molar-refractivity contribution in [3.8, 4) is 0 Å². The average molecular weight is 441 g/mol. The van der Waals surface area contributed by atoms with Crippen LogP contribution in [0.3, 0.4) is 0 Å². The summed E-state index contributed by atoms with van der Waals surface area (Å²) in [7, 11) is -3.63. The number of carbonyl (C=O) groups is 2. The van der Waals surface area contributed by atoms with Crippen molar-refractivity contribution in [3.63, 3.8) is 0 Å². The van der Waals surface area contributed by atoms with Gasteiger partial charge in [0.05, 0.1) is 11.4 Å². The number of hydrogen-bond acceptors (Lipinski definition) is 5. The number of H-pyrrole nitrogens is 1. The van der Waals surface area contributed by atoms with Gasteiger partial charge in [0.1, 0.15) is 4.90 Å². The molecule has 1 aliphatic heterocycles. The SMILES string of the molecule is CC(=O)c1cccc(NC(=O)C2CCN(S(=O)(=O)c3c(C)n[nH]c3C)CC2)c1.Cl. The van der Waals surface area contributed by atoms with Crippen molar-refractivity contribution in [2.75, 3.05) is 18.4 Å². The summed E-state index contributed by atoms with van der Waals surface area (Å²) in [5.41, 5.74) is 2.06. The molecule has 1 fully saturated rings. The summed E-state index contributed by atoms with van der Waals surface area (Å²) in [6.45, 7) is 5.37. The van der Waals surface area contributed by atoms with Crippen LogP contribution in [0.15, 0.2) is 29.2 Å². The number of anilines is 1. The van der Waals surface area contributed by atoms with E-state index in [0.717, 1.165) is 0 Å². The summed E-state index contributed by atoms with van der Waals surface area (Å²) >= 11 is 0. The molecule has 3 rings (SSSR count). The molecule has 0 bridgehead atoms. The molecule has 29 heavy (non-hydrogen) atoms. The van der Waals surface area contributed by atoms with Gasteiger partial charge in [-0.15, -0.1) is 12.4 Å². The van der Waals surface area contributed by atoms with Crippen LogP contribution in [0.5, 0.6) is 0 Å². The molecule has 1 amide bonds. The minimum absolute atomic E-state index is 0. The van der Waals surface area contributed by atoms with E-state index in [4.69, 9.17) is 0 Å². The molecule has 2 aromatic rings. The van der Waals surface area contributed by atoms with Crippen LogP contribution in [0.2, 0.25) is 0 Å². The zero-order valence-corrected chi connectivity index (χ0v) is 18.2. The Morgan fingerprint density at radius 2 is 1.86 bits per heavy atom. The molecule has 2 heterocycles. The quantitative estimate of drug-likeness (QED) is 0.694. The second-order valence-electron chi connectivity index (χ2n) is 7.07. The van der Waals surface area contributed by atoms with E-state index in [2.05, 4.69) is 15.5 Å². The highest BCUT2D eigenvalue weighted by Crippen LogP contribution is 2.27. The van der Waals surface area contributed by atoms with Crippen molar-refractivity contribution in [2.45, 2.75) is 38.5 Å². The van der Waals surface area contributed by atoms with Crippen molar-refractivity contribution < 1.29 is 18.0 Å². The number of hydrogen-bond donors (Lipinski definition) is 2. The number of Topliss-reactive ketones (excluding diaryl/α,β-unsaturated/α-hetero) is 1. The molecule has 0 radical (unpaired) electrons. The van der Waals surface area contributed by atoms with Gasteiger partial charge in [0.15, 0.2) is 5.78 Å². The molecule has 0 spiro atoms. The summed E-state index contributed by atoms with van der Waals surface area (Å²) in [4.78, 5) is 24.3. The molecule has 158 valence electrons. The van der Waals surface area contributed by atoms with Gasteiger partial charge in [-0.25, -0.2) is 8.42 Å². The van der Waals surface area contributed by atoms with Crippen LogP contribution in [0.25, 0.3) is 0 Å². The number of nitrogens with one attached hydrogen (secondary N) is 2. The van der Waals surface area contributed by atoms with Crippen molar-refractivity contribution in [1.82, 2.24) is 14.5 Å². The summed E-state index contributed by atoms with van der Waals surface area (Å²) < 4.78 is 27.2. The van der Waals surface area contributed by atoms with Gasteiger partial charge in [0.25, 0.3) is 0 Å². The Bertz CT molecular complexity index is 991. The number of aromatic nitrogens is 2. The Balaban J connectivity index is 0.00000300. The second-order valence-corrected chi connectivity index (χ2v) is 8.94. The van der Waals surface area contributed by atoms with E-state index >= 15 is 0 Å². The largest absolute Gasteiger partial charge is 0.326 e. The fourth-order valence-electron chi connectivity index (χ4n) is 3.47. The van der Waals surface area contributed by atoms with Crippen molar-refractivity contribution in [3.05, 3.63) is 41.2 Å². The van der Waals surface area contributed by atoms with Crippen LogP contribution in [0.1, 0.15) is 41.5 Å². The van der Waals surface area contributed by atoms with Crippen LogP contribution in [0.4, 0.5) is 5.69 Å². The molecule has 0 aliphatic carbocycles. The van der Waals surface area contributed by atoms with E-state index in [1.165, 1.54) is 11.2 Å². The van der Waals surface area contributed by atoms with Crippen LogP contribution in [-0.2, 0) is 14.8 Å². The highest BCUT2D eigenvalue weighted by atomic mass is 35.5. The Hall–Kier alpha value is -2.23. The Morgan fingerprint density at radius 1 is 1.21 bits per heavy atom. The average Bonchev–Trinajstić information content (AvgIpc) is 3.01. The lowest BCUT2D eigenvalue weighted by Gasteiger charge is -2.30. The van der Waals surface area contributed by atoms with E-state index in [-0.39, 0.29) is 48.0 Å². The predicted octanol–water partition coefficient (Wildman–Crippen LogP) is 2.69. The second kappa shape index (κ2) is 9.06. The number of sulfonamides is 1. The first kappa shape index (κ1) is 23.1. The Morgan fingerprint density at radius 3 is 2.41 bits per heavy atom. The van der Waals surface area contributed by atoms with Gasteiger partial charge in [-0.3, -0.25) is 14.7 Å². The van der Waals surface area contributed by atoms with Crippen LogP contribution < -0.4 is 5.32 Å². The highest BCUT2D eigenvalue weighted by Gasteiger charge is 2.34. The maximum absolute atomic E-state index is 12.9. The predicted molar refractivity (Wildman–Crippen MR) is 112 cm³/mol. The minimum Gasteiger partial charge on any atom is -0.326 e. The number of halogens is 1. The number of benzene rings is 1. The third-order valence-electron chi connectivity index (χ3n) is 5.02. The van der Waals surface area contributed by atoms with E-state index in [1.807, 2.05) is 0 Å². The number of nitrogens with zero attached hydrogens (tertiary/aromatic N) is 2. The molecular weight excluding hydrogens is 416 g/mol. The van der Waals surface area contributed by atoms with Crippen LogP contribution >= 0.6 is 12.4 Å². The lowest BCUT2D eigenvalue weighted by Crippen LogP contribution is -2.41. The molecule has 1 aromatic carbocycles. The lowest BCUT2D eigenvalue weighted by atomic mass is 9.97. The third kappa shape index (κ3) is 4.85. The molecule has 10 heteroatoms. The normalized spacial score (nSPS) is 15.6. The Kier molecular flexibility index (Phi) is 7.20. The molecule has 0 unspecified atom stereocenters. The number of ketones is 1. The molecule has 1 aromatic heterocycles. The summed E-state index contributed by atoms with van der Waals surface area (Å²) in [6, 6.07) is 6.79. The van der Waals surface area contributed by atoms with Crippen LogP contribution in [-0.4, -0.2) is 47.7 Å². The standard InChI is InChI=1S/C19H24N4O4S.ClH/c1-12-18(13(2)22-21-12)28(26,27)23-9-7-15(8-10-23)19(25)20-17-6-4-5-16(11-17)14(3)24;/h4-6,11,15H,7-10H2,1-3H3,(H,20,25)(H,21,22);1H. The van der Waals surface area contributed by atoms with Gasteiger partial charge in [0, 0.05) is 30.3 Å². The van der Waals surface area contributed by atoms with Gasteiger partial charge >= 0.3 is 0 Å². The molecular formula is C19H25ClN4O4S. The summed E-state index contributed by atoms with van der Waals surface area (Å²) in [6.07, 6.45) is 0.876. The topological polar surface area (TPSA) is 112 Å². The van der Waals surface area contributed by atoms with Crippen molar-refractivity contribution >= 4 is 39.8 Å². The fraction of sp³-hybridized carbons (Fsp3) is 0.421. The van der Waals surface area contributed by atoms with Gasteiger partial charge in [-0.05, 0) is 45.7 Å². The van der Waals surface area contributed by atoms with Crippen molar-refractivity contribution in [1.29, 1.82) is 0 Å². The number of carbonyl (C=O) groups excluding carboxylic acids is 2. The first-order chi connectivity index (χ1) is 13.2. The zero-order valence-electron chi connectivity index (χ0n) is 16.6. The zero-order chi connectivity index (χ0) is 20.5. The van der Waals surface area contributed by atoms with E-state index in [9.17, 15) is 18.0 Å². The van der Waals surface area contributed by atoms with E-state index in [0.29, 0.717) is 35.5 Å². The van der Waals surface area contributed by atoms with Gasteiger partial charge in [0.2, 0.25) is 15.9 Å². The summed E-state index contributed by atoms with van der Waals surface area (Å²) in [5.74, 6) is -0.508. The van der Waals surface area contributed by atoms with Gasteiger partial charge in [-0.2, -0.15) is 9.40 Å². The number of aromatic amines is 1. The molecule has 1 saturated heterocycles. The maximum Gasteiger partial charge on any atom is 0.246 e.